The Bertz CT molecular complexity index is 655. The Morgan fingerprint density at radius 1 is 1.22 bits per heavy atom. The van der Waals surface area contributed by atoms with Gasteiger partial charge in [0.25, 0.3) is 0 Å². The highest BCUT2D eigenvalue weighted by Crippen LogP contribution is 2.35. The van der Waals surface area contributed by atoms with Crippen LogP contribution in [0, 0.1) is 6.92 Å². The van der Waals surface area contributed by atoms with Crippen molar-refractivity contribution in [3.63, 3.8) is 0 Å². The zero-order valence-corrected chi connectivity index (χ0v) is 13.8. The molecule has 4 heteroatoms. The van der Waals surface area contributed by atoms with Gasteiger partial charge in [0.1, 0.15) is 24.2 Å². The van der Waals surface area contributed by atoms with Gasteiger partial charge < -0.3 is 20.1 Å². The second kappa shape index (κ2) is 6.82. The van der Waals surface area contributed by atoms with Crippen molar-refractivity contribution in [2.75, 3.05) is 30.3 Å². The predicted molar refractivity (Wildman–Crippen MR) is 94.4 cm³/mol. The van der Waals surface area contributed by atoms with Crippen LogP contribution in [0.4, 0.5) is 11.4 Å². The number of nitrogens with two attached hydrogens (primary N) is 1. The summed E-state index contributed by atoms with van der Waals surface area (Å²) in [6.07, 6.45) is 1.20. The average molecular weight is 312 g/mol. The fraction of sp³-hybridized carbons (Fsp3) is 0.368. The third kappa shape index (κ3) is 3.70. The van der Waals surface area contributed by atoms with Crippen LogP contribution in [0.25, 0.3) is 0 Å². The lowest BCUT2D eigenvalue weighted by atomic mass is 10.1. The van der Waals surface area contributed by atoms with Gasteiger partial charge in [0.2, 0.25) is 0 Å². The number of rotatable bonds is 5. The summed E-state index contributed by atoms with van der Waals surface area (Å²) in [5, 5.41) is 0. The minimum Gasteiger partial charge on any atom is -0.492 e. The molecule has 4 nitrogen and oxygen atoms in total. The topological polar surface area (TPSA) is 47.7 Å². The van der Waals surface area contributed by atoms with Crippen molar-refractivity contribution in [1.82, 2.24) is 0 Å². The van der Waals surface area contributed by atoms with E-state index in [2.05, 4.69) is 30.9 Å². The van der Waals surface area contributed by atoms with Crippen molar-refractivity contribution < 1.29 is 9.47 Å². The molecule has 0 amide bonds. The Hall–Kier alpha value is -2.36. The summed E-state index contributed by atoms with van der Waals surface area (Å²) in [4.78, 5) is 2.30. The maximum absolute atomic E-state index is 6.01. The number of nitrogens with zero attached hydrogens (tertiary/aromatic N) is 1. The first-order valence-corrected chi connectivity index (χ1v) is 8.16. The van der Waals surface area contributed by atoms with Crippen molar-refractivity contribution in [3.8, 4) is 11.5 Å². The lowest BCUT2D eigenvalue weighted by Gasteiger charge is -2.36. The molecule has 122 valence electrons. The van der Waals surface area contributed by atoms with Crippen molar-refractivity contribution in [1.29, 1.82) is 0 Å². The number of ether oxygens (including phenoxy) is 2. The van der Waals surface area contributed by atoms with Crippen LogP contribution in [-0.4, -0.2) is 25.8 Å². The van der Waals surface area contributed by atoms with Crippen LogP contribution < -0.4 is 20.1 Å². The van der Waals surface area contributed by atoms with Crippen LogP contribution in [-0.2, 0) is 0 Å². The second-order valence-corrected chi connectivity index (χ2v) is 5.98. The Labute approximate surface area is 137 Å². The molecule has 1 unspecified atom stereocenters. The van der Waals surface area contributed by atoms with E-state index in [1.807, 2.05) is 30.3 Å². The largest absolute Gasteiger partial charge is 0.492 e. The molecule has 1 aliphatic heterocycles. The fourth-order valence-electron chi connectivity index (χ4n) is 2.77. The SMILES string of the molecule is CCC1CN(CCOc2ccc(C)cc2)c2cc(N)ccc2O1. The summed E-state index contributed by atoms with van der Waals surface area (Å²) in [5.41, 5.74) is 8.98. The molecular formula is C19H24N2O2. The third-order valence-electron chi connectivity index (χ3n) is 4.15. The van der Waals surface area contributed by atoms with E-state index in [0.29, 0.717) is 6.61 Å². The molecule has 0 aromatic heterocycles. The van der Waals surface area contributed by atoms with E-state index in [9.17, 15) is 0 Å². The summed E-state index contributed by atoms with van der Waals surface area (Å²) in [7, 11) is 0. The number of aryl methyl sites for hydroxylation is 1. The normalized spacial score (nSPS) is 16.6. The number of hydrogen-bond donors (Lipinski definition) is 1. The highest BCUT2D eigenvalue weighted by Gasteiger charge is 2.24. The average Bonchev–Trinajstić information content (AvgIpc) is 2.56. The molecule has 1 heterocycles. The summed E-state index contributed by atoms with van der Waals surface area (Å²) in [6, 6.07) is 14.0. The van der Waals surface area contributed by atoms with Crippen LogP contribution in [0.3, 0.4) is 0 Å². The van der Waals surface area contributed by atoms with Crippen molar-refractivity contribution in [2.45, 2.75) is 26.4 Å². The number of fused-ring (bicyclic) bond motifs is 1. The molecule has 1 aliphatic rings. The van der Waals surface area contributed by atoms with Crippen LogP contribution in [0.5, 0.6) is 11.5 Å². The highest BCUT2D eigenvalue weighted by atomic mass is 16.5. The van der Waals surface area contributed by atoms with Crippen molar-refractivity contribution in [3.05, 3.63) is 48.0 Å². The first-order valence-electron chi connectivity index (χ1n) is 8.16. The van der Waals surface area contributed by atoms with Gasteiger partial charge in [-0.05, 0) is 43.7 Å². The van der Waals surface area contributed by atoms with Crippen LogP contribution in [0.15, 0.2) is 42.5 Å². The molecule has 1 atom stereocenters. The van der Waals surface area contributed by atoms with E-state index in [4.69, 9.17) is 15.2 Å². The van der Waals surface area contributed by atoms with E-state index < -0.39 is 0 Å². The van der Waals surface area contributed by atoms with Gasteiger partial charge in [0, 0.05) is 5.69 Å². The molecular weight excluding hydrogens is 288 g/mol. The number of hydrogen-bond acceptors (Lipinski definition) is 4. The standard InChI is InChI=1S/C19H24N2O2/c1-3-16-13-21(18-12-15(20)6-9-19(18)23-16)10-11-22-17-7-4-14(2)5-8-17/h4-9,12,16H,3,10-11,13,20H2,1-2H3. The predicted octanol–water partition coefficient (Wildman–Crippen LogP) is 3.63. The number of anilines is 2. The summed E-state index contributed by atoms with van der Waals surface area (Å²) in [5.74, 6) is 1.82. The summed E-state index contributed by atoms with van der Waals surface area (Å²) >= 11 is 0. The molecule has 2 aromatic carbocycles. The van der Waals surface area contributed by atoms with Crippen LogP contribution in [0.2, 0.25) is 0 Å². The van der Waals surface area contributed by atoms with Crippen molar-refractivity contribution >= 4 is 11.4 Å². The Morgan fingerprint density at radius 2 is 2.00 bits per heavy atom. The van der Waals surface area contributed by atoms with Gasteiger partial charge in [0.05, 0.1) is 18.8 Å². The molecule has 0 saturated heterocycles. The van der Waals surface area contributed by atoms with Crippen LogP contribution in [0.1, 0.15) is 18.9 Å². The zero-order chi connectivity index (χ0) is 16.2. The van der Waals surface area contributed by atoms with E-state index in [1.165, 1.54) is 5.56 Å². The van der Waals surface area contributed by atoms with Gasteiger partial charge in [0.15, 0.2) is 0 Å². The van der Waals surface area contributed by atoms with E-state index in [-0.39, 0.29) is 6.10 Å². The zero-order valence-electron chi connectivity index (χ0n) is 13.8. The van der Waals surface area contributed by atoms with E-state index in [1.54, 1.807) is 0 Å². The van der Waals surface area contributed by atoms with E-state index in [0.717, 1.165) is 42.4 Å². The van der Waals surface area contributed by atoms with Crippen molar-refractivity contribution in [2.24, 2.45) is 0 Å². The molecule has 0 spiro atoms. The molecule has 0 aliphatic carbocycles. The minimum atomic E-state index is 0.213. The third-order valence-corrected chi connectivity index (χ3v) is 4.15. The van der Waals surface area contributed by atoms with Gasteiger partial charge in [-0.2, -0.15) is 0 Å². The van der Waals surface area contributed by atoms with Gasteiger partial charge >= 0.3 is 0 Å². The molecule has 2 aromatic rings. The number of benzene rings is 2. The molecule has 2 N–H and O–H groups in total. The molecule has 0 saturated carbocycles. The maximum atomic E-state index is 6.01. The first-order chi connectivity index (χ1) is 11.2. The van der Waals surface area contributed by atoms with Crippen LogP contribution >= 0.6 is 0 Å². The minimum absolute atomic E-state index is 0.213. The Balaban J connectivity index is 1.67. The van der Waals surface area contributed by atoms with Gasteiger partial charge in [-0.15, -0.1) is 0 Å². The monoisotopic (exact) mass is 312 g/mol. The summed E-state index contributed by atoms with van der Waals surface area (Å²) in [6.45, 7) is 6.53. The number of nitrogen functional groups attached to an aromatic ring is 1. The fourth-order valence-corrected chi connectivity index (χ4v) is 2.77. The lowest BCUT2D eigenvalue weighted by molar-refractivity contribution is 0.186. The molecule has 0 radical (unpaired) electrons. The highest BCUT2D eigenvalue weighted by molar-refractivity contribution is 5.66. The second-order valence-electron chi connectivity index (χ2n) is 5.98. The smallest absolute Gasteiger partial charge is 0.143 e. The Morgan fingerprint density at radius 3 is 2.74 bits per heavy atom. The van der Waals surface area contributed by atoms with Gasteiger partial charge in [-0.3, -0.25) is 0 Å². The molecule has 23 heavy (non-hydrogen) atoms. The Kier molecular flexibility index (Phi) is 4.60. The summed E-state index contributed by atoms with van der Waals surface area (Å²) < 4.78 is 11.9. The first kappa shape index (κ1) is 15.5. The maximum Gasteiger partial charge on any atom is 0.143 e. The molecule has 0 bridgehead atoms. The van der Waals surface area contributed by atoms with Gasteiger partial charge in [-0.1, -0.05) is 24.6 Å². The van der Waals surface area contributed by atoms with E-state index >= 15 is 0 Å². The van der Waals surface area contributed by atoms with Gasteiger partial charge in [-0.25, -0.2) is 0 Å². The quantitative estimate of drug-likeness (QED) is 0.856. The molecule has 3 rings (SSSR count). The molecule has 0 fully saturated rings. The lowest BCUT2D eigenvalue weighted by Crippen LogP contribution is -2.41.